The Kier molecular flexibility index (Phi) is 3.55. The Hall–Kier alpha value is -1.46. The van der Waals surface area contributed by atoms with Crippen molar-refractivity contribution in [3.8, 4) is 0 Å². The zero-order valence-electron chi connectivity index (χ0n) is 8.61. The molecule has 0 aromatic carbocycles. The average molecular weight is 197 g/mol. The van der Waals surface area contributed by atoms with Crippen LogP contribution in [0.4, 0.5) is 0 Å². The quantitative estimate of drug-likeness (QED) is 0.730. The van der Waals surface area contributed by atoms with Crippen molar-refractivity contribution in [1.29, 1.82) is 0 Å². The molecule has 1 heterocycles. The summed E-state index contributed by atoms with van der Waals surface area (Å²) in [5, 5.41) is 15.6. The molecule has 0 bridgehead atoms. The highest BCUT2D eigenvalue weighted by Crippen LogP contribution is 2.05. The van der Waals surface area contributed by atoms with Gasteiger partial charge in [-0.25, -0.2) is 0 Å². The van der Waals surface area contributed by atoms with Gasteiger partial charge in [0.25, 0.3) is 11.7 Å². The van der Waals surface area contributed by atoms with Gasteiger partial charge in [0.2, 0.25) is 0 Å². The molecular formula is C8H15N5O. The summed E-state index contributed by atoms with van der Waals surface area (Å²) in [7, 11) is 0. The van der Waals surface area contributed by atoms with Crippen LogP contribution in [-0.2, 0) is 0 Å². The lowest BCUT2D eigenvalue weighted by Gasteiger charge is -2.19. The van der Waals surface area contributed by atoms with Gasteiger partial charge < -0.3 is 5.32 Å². The summed E-state index contributed by atoms with van der Waals surface area (Å²) in [5.74, 6) is 0.208. The van der Waals surface area contributed by atoms with Crippen LogP contribution in [0.3, 0.4) is 0 Å². The lowest BCUT2D eigenvalue weighted by atomic mass is 10.0. The SMILES string of the molecule is CCC(NC(=O)c1nn[nH]n1)C(C)C. The van der Waals surface area contributed by atoms with Crippen LogP contribution in [0.1, 0.15) is 37.8 Å². The van der Waals surface area contributed by atoms with Crippen LogP contribution in [0.25, 0.3) is 0 Å². The molecule has 6 nitrogen and oxygen atoms in total. The van der Waals surface area contributed by atoms with Crippen LogP contribution < -0.4 is 5.32 Å². The normalized spacial score (nSPS) is 12.9. The Labute approximate surface area is 82.5 Å². The predicted octanol–water partition coefficient (Wildman–Crippen LogP) is 0.364. The molecule has 0 saturated heterocycles. The summed E-state index contributed by atoms with van der Waals surface area (Å²) in [4.78, 5) is 11.5. The number of nitrogens with one attached hydrogen (secondary N) is 2. The number of aromatic amines is 1. The Bertz CT molecular complexity index is 282. The standard InChI is InChI=1S/C8H15N5O/c1-4-6(5(2)3)9-8(14)7-10-12-13-11-7/h5-6H,4H2,1-3H3,(H,9,14)(H,10,11,12,13). The fourth-order valence-corrected chi connectivity index (χ4v) is 1.23. The maximum Gasteiger partial charge on any atom is 0.293 e. The Morgan fingerprint density at radius 1 is 1.57 bits per heavy atom. The zero-order chi connectivity index (χ0) is 10.6. The molecule has 0 aliphatic heterocycles. The highest BCUT2D eigenvalue weighted by Gasteiger charge is 2.17. The molecule has 0 spiro atoms. The van der Waals surface area contributed by atoms with Gasteiger partial charge in [-0.1, -0.05) is 20.8 Å². The fourth-order valence-electron chi connectivity index (χ4n) is 1.23. The largest absolute Gasteiger partial charge is 0.346 e. The van der Waals surface area contributed by atoms with E-state index in [1.807, 2.05) is 6.92 Å². The first-order valence-corrected chi connectivity index (χ1v) is 4.69. The number of amides is 1. The summed E-state index contributed by atoms with van der Waals surface area (Å²) in [6.07, 6.45) is 0.890. The van der Waals surface area contributed by atoms with Crippen LogP contribution in [0, 0.1) is 5.92 Å². The maximum atomic E-state index is 11.5. The number of aromatic nitrogens is 4. The van der Waals surface area contributed by atoms with Crippen molar-refractivity contribution in [2.75, 3.05) is 0 Å². The molecule has 0 saturated carbocycles. The molecule has 1 rings (SSSR count). The van der Waals surface area contributed by atoms with E-state index in [1.54, 1.807) is 0 Å². The molecule has 1 unspecified atom stereocenters. The van der Waals surface area contributed by atoms with E-state index in [4.69, 9.17) is 0 Å². The third kappa shape index (κ3) is 2.51. The van der Waals surface area contributed by atoms with E-state index in [2.05, 4.69) is 39.8 Å². The van der Waals surface area contributed by atoms with Crippen LogP contribution in [-0.4, -0.2) is 32.6 Å². The Morgan fingerprint density at radius 3 is 2.71 bits per heavy atom. The fraction of sp³-hybridized carbons (Fsp3) is 0.750. The van der Waals surface area contributed by atoms with Gasteiger partial charge in [-0.3, -0.25) is 4.79 Å². The number of carbonyl (C=O) groups excluding carboxylic acids is 1. The molecule has 1 atom stereocenters. The topological polar surface area (TPSA) is 83.6 Å². The second-order valence-electron chi connectivity index (χ2n) is 3.47. The summed E-state index contributed by atoms with van der Waals surface area (Å²) >= 11 is 0. The van der Waals surface area contributed by atoms with E-state index < -0.39 is 0 Å². The summed E-state index contributed by atoms with van der Waals surface area (Å²) in [6, 6.07) is 0.154. The van der Waals surface area contributed by atoms with Crippen molar-refractivity contribution in [2.24, 2.45) is 5.92 Å². The molecule has 0 aliphatic rings. The molecular weight excluding hydrogens is 182 g/mol. The summed E-state index contributed by atoms with van der Waals surface area (Å²) < 4.78 is 0. The van der Waals surface area contributed by atoms with E-state index in [0.29, 0.717) is 5.92 Å². The molecule has 0 aliphatic carbocycles. The predicted molar refractivity (Wildman–Crippen MR) is 50.6 cm³/mol. The van der Waals surface area contributed by atoms with Crippen molar-refractivity contribution in [2.45, 2.75) is 33.2 Å². The second-order valence-corrected chi connectivity index (χ2v) is 3.47. The molecule has 0 radical (unpaired) electrons. The number of hydrogen-bond acceptors (Lipinski definition) is 4. The van der Waals surface area contributed by atoms with Gasteiger partial charge in [0.15, 0.2) is 0 Å². The van der Waals surface area contributed by atoms with Crippen molar-refractivity contribution in [1.82, 2.24) is 25.9 Å². The number of tetrazole rings is 1. The molecule has 2 N–H and O–H groups in total. The van der Waals surface area contributed by atoms with Crippen molar-refractivity contribution >= 4 is 5.91 Å². The smallest absolute Gasteiger partial charge is 0.293 e. The minimum atomic E-state index is -0.278. The monoisotopic (exact) mass is 197 g/mol. The minimum absolute atomic E-state index is 0.0871. The zero-order valence-corrected chi connectivity index (χ0v) is 8.61. The minimum Gasteiger partial charge on any atom is -0.346 e. The molecule has 78 valence electrons. The van der Waals surface area contributed by atoms with Gasteiger partial charge in [0.1, 0.15) is 0 Å². The molecule has 14 heavy (non-hydrogen) atoms. The summed E-state index contributed by atoms with van der Waals surface area (Å²) in [5.41, 5.74) is 0. The highest BCUT2D eigenvalue weighted by molar-refractivity contribution is 5.90. The molecule has 1 amide bonds. The number of H-pyrrole nitrogens is 1. The first kappa shape index (κ1) is 10.6. The molecule has 0 fully saturated rings. The summed E-state index contributed by atoms with van der Waals surface area (Å²) in [6.45, 7) is 6.15. The van der Waals surface area contributed by atoms with E-state index >= 15 is 0 Å². The first-order chi connectivity index (χ1) is 6.65. The van der Waals surface area contributed by atoms with Gasteiger partial charge in [-0.2, -0.15) is 5.21 Å². The van der Waals surface area contributed by atoms with Crippen molar-refractivity contribution in [3.63, 3.8) is 0 Å². The Balaban J connectivity index is 2.56. The van der Waals surface area contributed by atoms with E-state index in [1.165, 1.54) is 0 Å². The lowest BCUT2D eigenvalue weighted by molar-refractivity contribution is 0.0914. The van der Waals surface area contributed by atoms with Gasteiger partial charge in [0, 0.05) is 6.04 Å². The van der Waals surface area contributed by atoms with E-state index in [9.17, 15) is 4.79 Å². The number of carbonyl (C=O) groups is 1. The second kappa shape index (κ2) is 4.69. The molecule has 6 heteroatoms. The van der Waals surface area contributed by atoms with Crippen LogP contribution in [0.15, 0.2) is 0 Å². The van der Waals surface area contributed by atoms with Crippen LogP contribution >= 0.6 is 0 Å². The van der Waals surface area contributed by atoms with Crippen LogP contribution in [0.2, 0.25) is 0 Å². The van der Waals surface area contributed by atoms with Crippen molar-refractivity contribution < 1.29 is 4.79 Å². The van der Waals surface area contributed by atoms with Gasteiger partial charge in [-0.15, -0.1) is 10.2 Å². The molecule has 1 aromatic rings. The van der Waals surface area contributed by atoms with Gasteiger partial charge >= 0.3 is 0 Å². The van der Waals surface area contributed by atoms with Gasteiger partial charge in [-0.05, 0) is 17.6 Å². The van der Waals surface area contributed by atoms with Crippen molar-refractivity contribution in [3.05, 3.63) is 5.82 Å². The maximum absolute atomic E-state index is 11.5. The molecule has 1 aromatic heterocycles. The number of nitrogens with zero attached hydrogens (tertiary/aromatic N) is 3. The van der Waals surface area contributed by atoms with Crippen LogP contribution in [0.5, 0.6) is 0 Å². The average Bonchev–Trinajstić information content (AvgIpc) is 2.65. The van der Waals surface area contributed by atoms with E-state index in [0.717, 1.165) is 6.42 Å². The third-order valence-corrected chi connectivity index (χ3v) is 2.11. The lowest BCUT2D eigenvalue weighted by Crippen LogP contribution is -2.38. The first-order valence-electron chi connectivity index (χ1n) is 4.69. The third-order valence-electron chi connectivity index (χ3n) is 2.11. The Morgan fingerprint density at radius 2 is 2.29 bits per heavy atom. The number of hydrogen-bond donors (Lipinski definition) is 2. The van der Waals surface area contributed by atoms with Gasteiger partial charge in [0.05, 0.1) is 0 Å². The highest BCUT2D eigenvalue weighted by atomic mass is 16.2. The number of rotatable bonds is 4. The van der Waals surface area contributed by atoms with E-state index in [-0.39, 0.29) is 17.8 Å².